The summed E-state index contributed by atoms with van der Waals surface area (Å²) in [4.78, 5) is 12.3. The van der Waals surface area contributed by atoms with Crippen molar-refractivity contribution in [3.63, 3.8) is 0 Å². The Hall–Kier alpha value is -2.50. The zero-order valence-corrected chi connectivity index (χ0v) is 13.2. The number of carbonyl (C=O) groups is 1. The smallest absolute Gasteiger partial charge is 0.245 e. The van der Waals surface area contributed by atoms with Crippen LogP contribution in [0, 0.1) is 0 Å². The molecule has 118 valence electrons. The molecular weight excluding hydrogens is 282 g/mol. The summed E-state index contributed by atoms with van der Waals surface area (Å²) in [6, 6.07) is 6.71. The molecule has 0 spiro atoms. The van der Waals surface area contributed by atoms with Crippen molar-refractivity contribution < 1.29 is 14.3 Å². The first kappa shape index (κ1) is 15.9. The lowest BCUT2D eigenvalue weighted by Crippen LogP contribution is -2.33. The lowest BCUT2D eigenvalue weighted by Gasteiger charge is -2.20. The predicted molar refractivity (Wildman–Crippen MR) is 83.0 cm³/mol. The molecule has 1 amide bonds. The van der Waals surface area contributed by atoms with Crippen LogP contribution in [-0.2, 0) is 4.79 Å². The van der Waals surface area contributed by atoms with E-state index in [-0.39, 0.29) is 18.0 Å². The number of methoxy groups -OCH3 is 2. The average molecular weight is 303 g/mol. The second kappa shape index (κ2) is 6.98. The molecule has 2 rings (SSSR count). The summed E-state index contributed by atoms with van der Waals surface area (Å²) in [6.45, 7) is 3.71. The summed E-state index contributed by atoms with van der Waals surface area (Å²) in [5.41, 5.74) is 0.864. The number of amides is 1. The zero-order valence-electron chi connectivity index (χ0n) is 13.2. The van der Waals surface area contributed by atoms with Crippen LogP contribution >= 0.6 is 0 Å². The second-order valence-electron chi connectivity index (χ2n) is 5.00. The largest absolute Gasteiger partial charge is 0.497 e. The van der Waals surface area contributed by atoms with Crippen LogP contribution in [-0.4, -0.2) is 29.9 Å². The van der Waals surface area contributed by atoms with Crippen molar-refractivity contribution in [2.24, 2.45) is 0 Å². The third-order valence-corrected chi connectivity index (χ3v) is 3.56. The molecule has 0 bridgehead atoms. The van der Waals surface area contributed by atoms with E-state index >= 15 is 0 Å². The van der Waals surface area contributed by atoms with Crippen molar-refractivity contribution in [3.05, 3.63) is 42.2 Å². The number of benzene rings is 1. The van der Waals surface area contributed by atoms with Gasteiger partial charge in [-0.1, -0.05) is 0 Å². The molecule has 0 saturated heterocycles. The first-order valence-corrected chi connectivity index (χ1v) is 7.08. The van der Waals surface area contributed by atoms with Gasteiger partial charge in [-0.25, -0.2) is 0 Å². The fraction of sp³-hybridized carbons (Fsp3) is 0.375. The van der Waals surface area contributed by atoms with Crippen molar-refractivity contribution >= 4 is 5.91 Å². The molecule has 0 aliphatic rings. The van der Waals surface area contributed by atoms with Crippen LogP contribution in [0.25, 0.3) is 0 Å². The van der Waals surface area contributed by atoms with E-state index in [0.717, 1.165) is 11.3 Å². The third kappa shape index (κ3) is 3.39. The fourth-order valence-corrected chi connectivity index (χ4v) is 2.22. The molecule has 1 aromatic heterocycles. The Labute approximate surface area is 130 Å². The summed E-state index contributed by atoms with van der Waals surface area (Å²) >= 11 is 0. The SMILES string of the molecule is COc1ccc(OC)c([C@H](C)NC(=O)[C@@H](C)n2cccn2)c1. The summed E-state index contributed by atoms with van der Waals surface area (Å²) in [5, 5.41) is 7.06. The number of hydrogen-bond acceptors (Lipinski definition) is 4. The summed E-state index contributed by atoms with van der Waals surface area (Å²) in [5.74, 6) is 1.32. The minimum atomic E-state index is -0.381. The number of nitrogens with one attached hydrogen (secondary N) is 1. The van der Waals surface area contributed by atoms with Gasteiger partial charge >= 0.3 is 0 Å². The summed E-state index contributed by atoms with van der Waals surface area (Å²) < 4.78 is 12.2. The normalized spacial score (nSPS) is 13.3. The van der Waals surface area contributed by atoms with E-state index < -0.39 is 0 Å². The topological polar surface area (TPSA) is 65.4 Å². The molecule has 0 saturated carbocycles. The lowest BCUT2D eigenvalue weighted by atomic mass is 10.1. The first-order valence-electron chi connectivity index (χ1n) is 7.08. The Morgan fingerprint density at radius 3 is 2.64 bits per heavy atom. The maximum absolute atomic E-state index is 12.3. The number of ether oxygens (including phenoxy) is 2. The molecule has 0 aliphatic heterocycles. The molecule has 6 nitrogen and oxygen atoms in total. The first-order chi connectivity index (χ1) is 10.6. The molecule has 22 heavy (non-hydrogen) atoms. The van der Waals surface area contributed by atoms with Gasteiger partial charge in [-0.05, 0) is 38.1 Å². The monoisotopic (exact) mass is 303 g/mol. The van der Waals surface area contributed by atoms with E-state index in [0.29, 0.717) is 5.75 Å². The van der Waals surface area contributed by atoms with Crippen molar-refractivity contribution in [2.75, 3.05) is 14.2 Å². The maximum atomic E-state index is 12.3. The summed E-state index contributed by atoms with van der Waals surface area (Å²) in [6.07, 6.45) is 3.42. The van der Waals surface area contributed by atoms with Gasteiger partial charge < -0.3 is 14.8 Å². The molecule has 1 aromatic carbocycles. The van der Waals surface area contributed by atoms with E-state index in [2.05, 4.69) is 10.4 Å². The van der Waals surface area contributed by atoms with Crippen molar-refractivity contribution in [1.82, 2.24) is 15.1 Å². The van der Waals surface area contributed by atoms with Crippen LogP contribution in [0.1, 0.15) is 31.5 Å². The van der Waals surface area contributed by atoms with Crippen LogP contribution in [0.3, 0.4) is 0 Å². The highest BCUT2D eigenvalue weighted by atomic mass is 16.5. The Bertz CT molecular complexity index is 626. The number of aromatic nitrogens is 2. The molecule has 0 unspecified atom stereocenters. The van der Waals surface area contributed by atoms with E-state index in [4.69, 9.17) is 9.47 Å². The minimum Gasteiger partial charge on any atom is -0.497 e. The van der Waals surface area contributed by atoms with Crippen molar-refractivity contribution in [1.29, 1.82) is 0 Å². The highest BCUT2D eigenvalue weighted by Gasteiger charge is 2.20. The molecule has 2 aromatic rings. The van der Waals surface area contributed by atoms with Crippen LogP contribution < -0.4 is 14.8 Å². The van der Waals surface area contributed by atoms with Gasteiger partial charge in [0.2, 0.25) is 5.91 Å². The van der Waals surface area contributed by atoms with Crippen molar-refractivity contribution in [2.45, 2.75) is 25.9 Å². The van der Waals surface area contributed by atoms with Gasteiger partial charge in [0, 0.05) is 18.0 Å². The van der Waals surface area contributed by atoms with Crippen LogP contribution in [0.2, 0.25) is 0 Å². The van der Waals surface area contributed by atoms with Gasteiger partial charge in [-0.15, -0.1) is 0 Å². The Kier molecular flexibility index (Phi) is 5.04. The Morgan fingerprint density at radius 1 is 1.27 bits per heavy atom. The highest BCUT2D eigenvalue weighted by molar-refractivity contribution is 5.80. The molecule has 1 N–H and O–H groups in total. The molecule has 0 aliphatic carbocycles. The van der Waals surface area contributed by atoms with E-state index in [1.54, 1.807) is 44.3 Å². The molecular formula is C16H21N3O3. The van der Waals surface area contributed by atoms with E-state index in [1.807, 2.05) is 25.1 Å². The van der Waals surface area contributed by atoms with Crippen LogP contribution in [0.5, 0.6) is 11.5 Å². The lowest BCUT2D eigenvalue weighted by molar-refractivity contribution is -0.124. The van der Waals surface area contributed by atoms with Gasteiger partial charge in [0.25, 0.3) is 0 Å². The summed E-state index contributed by atoms with van der Waals surface area (Å²) in [7, 11) is 3.21. The predicted octanol–water partition coefficient (Wildman–Crippen LogP) is 2.34. The van der Waals surface area contributed by atoms with Gasteiger partial charge in [0.05, 0.1) is 20.3 Å². The number of hydrogen-bond donors (Lipinski definition) is 1. The molecule has 2 atom stereocenters. The van der Waals surface area contributed by atoms with E-state index in [1.165, 1.54) is 0 Å². The zero-order chi connectivity index (χ0) is 16.1. The molecule has 6 heteroatoms. The fourth-order valence-electron chi connectivity index (χ4n) is 2.22. The van der Waals surface area contributed by atoms with Crippen LogP contribution in [0.4, 0.5) is 0 Å². The van der Waals surface area contributed by atoms with Crippen molar-refractivity contribution in [3.8, 4) is 11.5 Å². The second-order valence-corrected chi connectivity index (χ2v) is 5.00. The molecule has 1 heterocycles. The number of carbonyl (C=O) groups excluding carboxylic acids is 1. The number of rotatable bonds is 6. The Balaban J connectivity index is 2.14. The average Bonchev–Trinajstić information content (AvgIpc) is 3.07. The third-order valence-electron chi connectivity index (χ3n) is 3.56. The quantitative estimate of drug-likeness (QED) is 0.889. The standard InChI is InChI=1S/C16H21N3O3/c1-11(14-10-13(21-3)6-7-15(14)22-4)18-16(20)12(2)19-9-5-8-17-19/h5-12H,1-4H3,(H,18,20)/t11-,12+/m0/s1. The molecule has 0 fully saturated rings. The maximum Gasteiger partial charge on any atom is 0.245 e. The van der Waals surface area contributed by atoms with Gasteiger partial charge in [-0.3, -0.25) is 9.48 Å². The number of nitrogens with zero attached hydrogens (tertiary/aromatic N) is 2. The van der Waals surface area contributed by atoms with Gasteiger partial charge in [0.15, 0.2) is 0 Å². The molecule has 0 radical (unpaired) electrons. The van der Waals surface area contributed by atoms with Gasteiger partial charge in [-0.2, -0.15) is 5.10 Å². The van der Waals surface area contributed by atoms with E-state index in [9.17, 15) is 4.79 Å². The highest BCUT2D eigenvalue weighted by Crippen LogP contribution is 2.29. The van der Waals surface area contributed by atoms with Gasteiger partial charge in [0.1, 0.15) is 17.5 Å². The van der Waals surface area contributed by atoms with Crippen LogP contribution in [0.15, 0.2) is 36.7 Å². The Morgan fingerprint density at radius 2 is 2.05 bits per heavy atom. The minimum absolute atomic E-state index is 0.110.